The van der Waals surface area contributed by atoms with Crippen LogP contribution in [0.4, 0.5) is 0 Å². The van der Waals surface area contributed by atoms with Gasteiger partial charge in [-0.15, -0.1) is 17.8 Å². The fourth-order valence-corrected chi connectivity index (χ4v) is 2.52. The Bertz CT molecular complexity index is 718. The van der Waals surface area contributed by atoms with E-state index in [1.165, 1.54) is 11.3 Å². The van der Waals surface area contributed by atoms with E-state index in [2.05, 4.69) is 16.2 Å². The topological polar surface area (TPSA) is 60.5 Å². The number of thiazole rings is 1. The molecule has 1 N–H and O–H groups in total. The van der Waals surface area contributed by atoms with Crippen molar-refractivity contribution in [2.24, 2.45) is 0 Å². The van der Waals surface area contributed by atoms with Crippen LogP contribution in [-0.4, -0.2) is 24.1 Å². The number of nitrogens with zero attached hydrogens (tertiary/aromatic N) is 1. The Balaban J connectivity index is 1.64. The van der Waals surface area contributed by atoms with E-state index in [1.54, 1.807) is 5.38 Å². The van der Waals surface area contributed by atoms with E-state index in [-0.39, 0.29) is 5.91 Å². The first-order valence-corrected chi connectivity index (χ1v) is 7.23. The maximum absolute atomic E-state index is 11.9. The van der Waals surface area contributed by atoms with Gasteiger partial charge in [0.1, 0.15) is 18.9 Å². The van der Waals surface area contributed by atoms with Crippen molar-refractivity contribution in [2.45, 2.75) is 6.54 Å². The van der Waals surface area contributed by atoms with Crippen molar-refractivity contribution in [3.8, 4) is 23.8 Å². The Morgan fingerprint density at radius 3 is 2.95 bits per heavy atom. The highest BCUT2D eigenvalue weighted by Gasteiger charge is 2.13. The average Bonchev–Trinajstić information content (AvgIpc) is 3.01. The lowest BCUT2D eigenvalue weighted by Gasteiger charge is -2.18. The number of carbonyl (C=O) groups excluding carboxylic acids is 1. The quantitative estimate of drug-likeness (QED) is 0.879. The molecular weight excluding hydrogens is 288 g/mol. The van der Waals surface area contributed by atoms with Gasteiger partial charge in [-0.05, 0) is 23.6 Å². The molecule has 0 fully saturated rings. The Labute approximate surface area is 125 Å². The first-order chi connectivity index (χ1) is 10.3. The highest BCUT2D eigenvalue weighted by Crippen LogP contribution is 2.30. The predicted molar refractivity (Wildman–Crippen MR) is 78.7 cm³/mol. The smallest absolute Gasteiger partial charge is 0.271 e. The molecule has 1 amide bonds. The lowest BCUT2D eigenvalue weighted by atomic mass is 10.2. The number of carbonyl (C=O) groups is 1. The fraction of sp³-hybridized carbons (Fsp3) is 0.200. The minimum Gasteiger partial charge on any atom is -0.486 e. The summed E-state index contributed by atoms with van der Waals surface area (Å²) >= 11 is 1.27. The summed E-state index contributed by atoms with van der Waals surface area (Å²) in [5.41, 5.74) is 1.27. The molecule has 0 unspecified atom stereocenters. The van der Waals surface area contributed by atoms with Crippen LogP contribution in [0.5, 0.6) is 11.5 Å². The van der Waals surface area contributed by atoms with Crippen molar-refractivity contribution in [1.29, 1.82) is 0 Å². The molecule has 6 heteroatoms. The molecule has 0 atom stereocenters. The van der Waals surface area contributed by atoms with Crippen molar-refractivity contribution in [3.05, 3.63) is 39.8 Å². The zero-order valence-corrected chi connectivity index (χ0v) is 11.9. The monoisotopic (exact) mass is 300 g/mol. The van der Waals surface area contributed by atoms with Crippen LogP contribution >= 0.6 is 11.3 Å². The van der Waals surface area contributed by atoms with Crippen LogP contribution in [0.2, 0.25) is 0 Å². The number of amides is 1. The first kappa shape index (κ1) is 13.5. The summed E-state index contributed by atoms with van der Waals surface area (Å²) < 4.78 is 11.0. The summed E-state index contributed by atoms with van der Waals surface area (Å²) in [7, 11) is 0. The summed E-state index contributed by atoms with van der Waals surface area (Å²) in [5.74, 6) is 3.60. The largest absolute Gasteiger partial charge is 0.486 e. The zero-order valence-electron chi connectivity index (χ0n) is 11.1. The Kier molecular flexibility index (Phi) is 3.75. The van der Waals surface area contributed by atoms with Gasteiger partial charge in [0.2, 0.25) is 0 Å². The summed E-state index contributed by atoms with van der Waals surface area (Å²) in [6, 6.07) is 5.60. The van der Waals surface area contributed by atoms with E-state index in [1.807, 2.05) is 18.2 Å². The van der Waals surface area contributed by atoms with Gasteiger partial charge in [0, 0.05) is 11.9 Å². The third-order valence-electron chi connectivity index (χ3n) is 2.92. The van der Waals surface area contributed by atoms with Gasteiger partial charge in [0.25, 0.3) is 5.91 Å². The minimum absolute atomic E-state index is 0.248. The molecule has 0 bridgehead atoms. The molecule has 3 rings (SSSR count). The molecule has 2 aromatic rings. The molecule has 0 spiro atoms. The van der Waals surface area contributed by atoms with Gasteiger partial charge >= 0.3 is 0 Å². The molecular formula is C15H12N2O3S. The van der Waals surface area contributed by atoms with Crippen molar-refractivity contribution in [3.63, 3.8) is 0 Å². The van der Waals surface area contributed by atoms with Crippen LogP contribution in [0, 0.1) is 12.3 Å². The van der Waals surface area contributed by atoms with Crippen molar-refractivity contribution < 1.29 is 14.3 Å². The van der Waals surface area contributed by atoms with Gasteiger partial charge in [-0.1, -0.05) is 6.07 Å². The molecule has 1 aromatic carbocycles. The number of nitrogens with one attached hydrogen (secondary N) is 1. The zero-order chi connectivity index (χ0) is 14.7. The molecule has 1 aliphatic rings. The fourth-order valence-electron chi connectivity index (χ4n) is 1.91. The lowest BCUT2D eigenvalue weighted by Crippen LogP contribution is -2.23. The van der Waals surface area contributed by atoms with Crippen molar-refractivity contribution in [2.75, 3.05) is 13.2 Å². The van der Waals surface area contributed by atoms with Crippen LogP contribution < -0.4 is 14.8 Å². The number of terminal acetylenes is 1. The summed E-state index contributed by atoms with van der Waals surface area (Å²) in [6.45, 7) is 1.49. The minimum atomic E-state index is -0.248. The van der Waals surface area contributed by atoms with Crippen LogP contribution in [-0.2, 0) is 6.54 Å². The SMILES string of the molecule is C#Cc1nc(C(=O)NCc2ccc3c(c2)OCCO3)cs1. The van der Waals surface area contributed by atoms with Crippen LogP contribution in [0.15, 0.2) is 23.6 Å². The van der Waals surface area contributed by atoms with Gasteiger partial charge in [0.05, 0.1) is 0 Å². The standard InChI is InChI=1S/C15H12N2O3S/c1-2-14-17-11(9-21-14)15(18)16-8-10-3-4-12-13(7-10)20-6-5-19-12/h1,3-4,7,9H,5-6,8H2,(H,16,18). The molecule has 0 saturated heterocycles. The molecule has 1 aromatic heterocycles. The Morgan fingerprint density at radius 2 is 2.19 bits per heavy atom. The highest BCUT2D eigenvalue weighted by atomic mass is 32.1. The van der Waals surface area contributed by atoms with Crippen molar-refractivity contribution in [1.82, 2.24) is 10.3 Å². The molecule has 21 heavy (non-hydrogen) atoms. The van der Waals surface area contributed by atoms with Crippen LogP contribution in [0.1, 0.15) is 21.1 Å². The molecule has 0 aliphatic carbocycles. The number of hydrogen-bond donors (Lipinski definition) is 1. The molecule has 106 valence electrons. The number of benzene rings is 1. The Hall–Kier alpha value is -2.52. The van der Waals surface area contributed by atoms with E-state index in [0.717, 1.165) is 11.3 Å². The number of hydrogen-bond acceptors (Lipinski definition) is 5. The van der Waals surface area contributed by atoms with E-state index < -0.39 is 0 Å². The summed E-state index contributed by atoms with van der Waals surface area (Å²) in [6.07, 6.45) is 5.23. The first-order valence-electron chi connectivity index (χ1n) is 6.35. The third-order valence-corrected chi connectivity index (χ3v) is 3.69. The number of fused-ring (bicyclic) bond motifs is 1. The number of ether oxygens (including phenoxy) is 2. The molecule has 0 radical (unpaired) electrons. The molecule has 0 saturated carbocycles. The second-order valence-electron chi connectivity index (χ2n) is 4.34. The summed E-state index contributed by atoms with van der Waals surface area (Å²) in [4.78, 5) is 16.0. The average molecular weight is 300 g/mol. The number of rotatable bonds is 3. The van der Waals surface area contributed by atoms with E-state index in [4.69, 9.17) is 15.9 Å². The van der Waals surface area contributed by atoms with Gasteiger partial charge in [-0.2, -0.15) is 0 Å². The van der Waals surface area contributed by atoms with Crippen LogP contribution in [0.25, 0.3) is 0 Å². The molecule has 5 nitrogen and oxygen atoms in total. The van der Waals surface area contributed by atoms with Gasteiger partial charge in [-0.3, -0.25) is 4.79 Å². The van der Waals surface area contributed by atoms with E-state index >= 15 is 0 Å². The van der Waals surface area contributed by atoms with Crippen molar-refractivity contribution >= 4 is 17.2 Å². The second kappa shape index (κ2) is 5.85. The van der Waals surface area contributed by atoms with E-state index in [9.17, 15) is 4.79 Å². The number of aromatic nitrogens is 1. The second-order valence-corrected chi connectivity index (χ2v) is 5.20. The van der Waals surface area contributed by atoms with Gasteiger partial charge < -0.3 is 14.8 Å². The van der Waals surface area contributed by atoms with Gasteiger partial charge in [-0.25, -0.2) is 4.98 Å². The van der Waals surface area contributed by atoms with Crippen LogP contribution in [0.3, 0.4) is 0 Å². The third kappa shape index (κ3) is 2.98. The predicted octanol–water partition coefficient (Wildman–Crippen LogP) is 1.83. The highest BCUT2D eigenvalue weighted by molar-refractivity contribution is 7.10. The maximum Gasteiger partial charge on any atom is 0.271 e. The molecule has 2 heterocycles. The summed E-state index contributed by atoms with van der Waals surface area (Å²) in [5, 5.41) is 4.95. The lowest BCUT2D eigenvalue weighted by molar-refractivity contribution is 0.0946. The normalized spacial score (nSPS) is 12.5. The molecule has 1 aliphatic heterocycles. The van der Waals surface area contributed by atoms with E-state index in [0.29, 0.717) is 36.2 Å². The maximum atomic E-state index is 11.9. The Morgan fingerprint density at radius 1 is 1.38 bits per heavy atom. The van der Waals surface area contributed by atoms with Gasteiger partial charge in [0.15, 0.2) is 16.5 Å².